The second kappa shape index (κ2) is 9.23. The van der Waals surface area contributed by atoms with Crippen LogP contribution in [-0.4, -0.2) is 32.8 Å². The summed E-state index contributed by atoms with van der Waals surface area (Å²) in [6.07, 6.45) is 9.68. The molecule has 2 rings (SSSR count). The van der Waals surface area contributed by atoms with E-state index in [0.717, 1.165) is 12.8 Å². The predicted octanol–water partition coefficient (Wildman–Crippen LogP) is 3.91. The summed E-state index contributed by atoms with van der Waals surface area (Å²) in [6, 6.07) is 7.26. The van der Waals surface area contributed by atoms with E-state index in [-0.39, 0.29) is 11.3 Å². The molecule has 25 heavy (non-hydrogen) atoms. The van der Waals surface area contributed by atoms with Gasteiger partial charge in [0.25, 0.3) is 5.91 Å². The number of benzene rings is 1. The topological polar surface area (TPSA) is 47.6 Å². The third kappa shape index (κ3) is 4.60. The second-order valence-corrected chi connectivity index (χ2v) is 6.13. The maximum Gasteiger partial charge on any atom is 0.255 e. The number of amides is 1. The van der Waals surface area contributed by atoms with Gasteiger partial charge in [0.1, 0.15) is 5.75 Å². The summed E-state index contributed by atoms with van der Waals surface area (Å²) < 4.78 is 10.8. The number of ether oxygens (including phenoxy) is 2. The Labute approximate surface area is 150 Å². The summed E-state index contributed by atoms with van der Waals surface area (Å²) in [5.74, 6) is 0.457. The Morgan fingerprint density at radius 2 is 2.08 bits per heavy atom. The summed E-state index contributed by atoms with van der Waals surface area (Å²) in [5.41, 5.74) is 1.58. The van der Waals surface area contributed by atoms with Crippen molar-refractivity contribution in [1.82, 2.24) is 5.32 Å². The minimum absolute atomic E-state index is 0.123. The van der Waals surface area contributed by atoms with E-state index in [1.54, 1.807) is 25.3 Å². The van der Waals surface area contributed by atoms with Crippen LogP contribution in [0.5, 0.6) is 5.75 Å². The Balaban J connectivity index is 2.21. The maximum atomic E-state index is 12.7. The first-order chi connectivity index (χ1) is 12.2. The minimum Gasteiger partial charge on any atom is -0.496 e. The fourth-order valence-electron chi connectivity index (χ4n) is 3.22. The number of carbonyl (C=O) groups excluding carboxylic acids is 1. The van der Waals surface area contributed by atoms with E-state index in [1.165, 1.54) is 5.57 Å². The fraction of sp³-hybridized carbons (Fsp3) is 0.381. The number of rotatable bonds is 7. The molecular formula is C21H27NO3. The van der Waals surface area contributed by atoms with Crippen LogP contribution in [0.25, 0.3) is 0 Å². The summed E-state index contributed by atoms with van der Waals surface area (Å²) >= 11 is 0. The predicted molar refractivity (Wildman–Crippen MR) is 101 cm³/mol. The highest BCUT2D eigenvalue weighted by Crippen LogP contribution is 2.38. The molecule has 1 aliphatic heterocycles. The molecule has 0 atom stereocenters. The molecule has 1 aliphatic rings. The molecule has 134 valence electrons. The van der Waals surface area contributed by atoms with Gasteiger partial charge in [0, 0.05) is 25.2 Å². The van der Waals surface area contributed by atoms with Crippen molar-refractivity contribution in [3.05, 3.63) is 66.3 Å². The molecule has 1 N–H and O–H groups in total. The second-order valence-electron chi connectivity index (χ2n) is 6.13. The molecule has 0 bridgehead atoms. The lowest BCUT2D eigenvalue weighted by Crippen LogP contribution is -2.42. The quantitative estimate of drug-likeness (QED) is 0.765. The number of nitrogens with one attached hydrogen (secondary N) is 1. The van der Waals surface area contributed by atoms with E-state index in [2.05, 4.69) is 18.0 Å². The molecule has 4 heteroatoms. The van der Waals surface area contributed by atoms with E-state index in [1.807, 2.05) is 31.2 Å². The van der Waals surface area contributed by atoms with Crippen LogP contribution in [-0.2, 0) is 4.74 Å². The lowest BCUT2D eigenvalue weighted by Gasteiger charge is -2.38. The normalized spacial score (nSPS) is 17.3. The number of hydrogen-bond acceptors (Lipinski definition) is 3. The van der Waals surface area contributed by atoms with E-state index in [4.69, 9.17) is 9.47 Å². The molecule has 0 spiro atoms. The summed E-state index contributed by atoms with van der Waals surface area (Å²) in [5, 5.41) is 3.10. The van der Waals surface area contributed by atoms with Crippen LogP contribution in [0, 0.1) is 5.41 Å². The molecule has 0 aromatic heterocycles. The Hall–Kier alpha value is -2.33. The number of carbonyl (C=O) groups is 1. The Morgan fingerprint density at radius 1 is 1.36 bits per heavy atom. The van der Waals surface area contributed by atoms with Crippen molar-refractivity contribution in [2.75, 3.05) is 26.9 Å². The van der Waals surface area contributed by atoms with Crippen molar-refractivity contribution in [1.29, 1.82) is 0 Å². The fourth-order valence-corrected chi connectivity index (χ4v) is 3.22. The smallest absolute Gasteiger partial charge is 0.255 e. The standard InChI is InChI=1S/C21H27NO3/c1-4-8-17(9-5-2)21(12-14-25-15-13-21)16-22-20(23)18-10-6-7-11-19(18)24-3/h4-11H,1,12-16H2,2-3H3,(H,22,23). The van der Waals surface area contributed by atoms with Crippen LogP contribution >= 0.6 is 0 Å². The van der Waals surface area contributed by atoms with Crippen LogP contribution in [0.3, 0.4) is 0 Å². The van der Waals surface area contributed by atoms with Crippen LogP contribution in [0.15, 0.2) is 60.7 Å². The zero-order valence-electron chi connectivity index (χ0n) is 15.1. The van der Waals surface area contributed by atoms with E-state index < -0.39 is 0 Å². The summed E-state index contributed by atoms with van der Waals surface area (Å²) in [7, 11) is 1.57. The molecule has 4 nitrogen and oxygen atoms in total. The molecule has 0 unspecified atom stereocenters. The van der Waals surface area contributed by atoms with E-state index >= 15 is 0 Å². The molecule has 1 heterocycles. The largest absolute Gasteiger partial charge is 0.496 e. The SMILES string of the molecule is C=CC=C(C=CC)C1(CNC(=O)c2ccccc2OC)CCOCC1. The first kappa shape index (κ1) is 19.0. The monoisotopic (exact) mass is 341 g/mol. The highest BCUT2D eigenvalue weighted by atomic mass is 16.5. The van der Waals surface area contributed by atoms with Crippen LogP contribution in [0.1, 0.15) is 30.1 Å². The summed E-state index contributed by atoms with van der Waals surface area (Å²) in [4.78, 5) is 12.7. The van der Waals surface area contributed by atoms with Crippen LogP contribution in [0.4, 0.5) is 0 Å². The van der Waals surface area contributed by atoms with Gasteiger partial charge in [-0.3, -0.25) is 4.79 Å². The zero-order valence-corrected chi connectivity index (χ0v) is 15.1. The molecular weight excluding hydrogens is 314 g/mol. The van der Waals surface area contributed by atoms with Gasteiger partial charge in [-0.05, 0) is 37.5 Å². The van der Waals surface area contributed by atoms with Gasteiger partial charge < -0.3 is 14.8 Å². The van der Waals surface area contributed by atoms with Crippen LogP contribution in [0.2, 0.25) is 0 Å². The number of hydrogen-bond donors (Lipinski definition) is 1. The zero-order chi connectivity index (χ0) is 18.1. The Morgan fingerprint density at radius 3 is 2.72 bits per heavy atom. The summed E-state index contributed by atoms with van der Waals surface area (Å²) in [6.45, 7) is 7.76. The van der Waals surface area contributed by atoms with Gasteiger partial charge in [-0.2, -0.15) is 0 Å². The van der Waals surface area contributed by atoms with Gasteiger partial charge in [-0.15, -0.1) is 0 Å². The Kier molecular flexibility index (Phi) is 7.02. The lowest BCUT2D eigenvalue weighted by molar-refractivity contribution is 0.0331. The number of allylic oxidation sites excluding steroid dienone is 4. The van der Waals surface area contributed by atoms with Gasteiger partial charge in [-0.1, -0.05) is 43.0 Å². The third-order valence-corrected chi connectivity index (χ3v) is 4.64. The first-order valence-corrected chi connectivity index (χ1v) is 8.62. The highest BCUT2D eigenvalue weighted by molar-refractivity contribution is 5.96. The average molecular weight is 341 g/mol. The molecule has 1 amide bonds. The molecule has 0 aliphatic carbocycles. The van der Waals surface area contributed by atoms with Gasteiger partial charge in [0.2, 0.25) is 0 Å². The van der Waals surface area contributed by atoms with E-state index in [0.29, 0.717) is 31.1 Å². The Bertz CT molecular complexity index is 655. The number of methoxy groups -OCH3 is 1. The maximum absolute atomic E-state index is 12.7. The first-order valence-electron chi connectivity index (χ1n) is 8.62. The van der Waals surface area contributed by atoms with Crippen molar-refractivity contribution < 1.29 is 14.3 Å². The van der Waals surface area contributed by atoms with Gasteiger partial charge >= 0.3 is 0 Å². The van der Waals surface area contributed by atoms with Crippen molar-refractivity contribution in [2.45, 2.75) is 19.8 Å². The third-order valence-electron chi connectivity index (χ3n) is 4.64. The van der Waals surface area contributed by atoms with Gasteiger partial charge in [0.05, 0.1) is 12.7 Å². The minimum atomic E-state index is -0.142. The van der Waals surface area contributed by atoms with Crippen molar-refractivity contribution >= 4 is 5.91 Å². The molecule has 1 fully saturated rings. The highest BCUT2D eigenvalue weighted by Gasteiger charge is 2.35. The van der Waals surface area contributed by atoms with Crippen molar-refractivity contribution in [2.24, 2.45) is 5.41 Å². The van der Waals surface area contributed by atoms with Gasteiger partial charge in [-0.25, -0.2) is 0 Å². The molecule has 1 saturated heterocycles. The van der Waals surface area contributed by atoms with E-state index in [9.17, 15) is 4.79 Å². The lowest BCUT2D eigenvalue weighted by atomic mass is 9.73. The van der Waals surface area contributed by atoms with Crippen molar-refractivity contribution in [3.8, 4) is 5.75 Å². The molecule has 1 aromatic rings. The molecule has 0 radical (unpaired) electrons. The molecule has 0 saturated carbocycles. The van der Waals surface area contributed by atoms with Gasteiger partial charge in [0.15, 0.2) is 0 Å². The molecule has 1 aromatic carbocycles. The van der Waals surface area contributed by atoms with Crippen LogP contribution < -0.4 is 10.1 Å². The number of para-hydroxylation sites is 1. The average Bonchev–Trinajstić information content (AvgIpc) is 2.66. The van der Waals surface area contributed by atoms with Crippen molar-refractivity contribution in [3.63, 3.8) is 0 Å².